The zero-order valence-corrected chi connectivity index (χ0v) is 12.3. The summed E-state index contributed by atoms with van der Waals surface area (Å²) in [5.74, 6) is 0.880. The molecular weight excluding hydrogens is 287 g/mol. The highest BCUT2D eigenvalue weighted by Gasteiger charge is 2.12. The van der Waals surface area contributed by atoms with E-state index in [1.807, 2.05) is 18.3 Å². The Morgan fingerprint density at radius 1 is 1.32 bits per heavy atom. The monoisotopic (exact) mass is 306 g/mol. The van der Waals surface area contributed by atoms with Crippen molar-refractivity contribution in [3.63, 3.8) is 0 Å². The fourth-order valence-electron chi connectivity index (χ4n) is 1.93. The van der Waals surface area contributed by atoms with E-state index in [1.54, 1.807) is 0 Å². The smallest absolute Gasteiger partial charge is 0.234 e. The van der Waals surface area contributed by atoms with Crippen molar-refractivity contribution in [1.82, 2.24) is 10.3 Å². The minimum atomic E-state index is -0.145. The molecule has 0 bridgehead atoms. The number of halogens is 2. The van der Waals surface area contributed by atoms with Gasteiger partial charge in [-0.05, 0) is 24.5 Å². The van der Waals surface area contributed by atoms with Crippen LogP contribution in [-0.4, -0.2) is 30.5 Å². The van der Waals surface area contributed by atoms with Crippen LogP contribution < -0.4 is 16.0 Å². The number of amides is 1. The van der Waals surface area contributed by atoms with E-state index in [0.29, 0.717) is 6.54 Å². The van der Waals surface area contributed by atoms with Gasteiger partial charge in [-0.25, -0.2) is 4.98 Å². The fraction of sp³-hybridized carbons (Fsp3) is 0.500. The third kappa shape index (κ3) is 5.22. The van der Waals surface area contributed by atoms with Crippen LogP contribution in [0.5, 0.6) is 0 Å². The maximum atomic E-state index is 11.0. The molecule has 5 nitrogen and oxygen atoms in total. The molecule has 7 heteroatoms. The van der Waals surface area contributed by atoms with Gasteiger partial charge >= 0.3 is 0 Å². The molecule has 0 aliphatic carbocycles. The average molecular weight is 307 g/mol. The van der Waals surface area contributed by atoms with Crippen LogP contribution in [0.3, 0.4) is 0 Å². The minimum Gasteiger partial charge on any atom is -0.357 e. The van der Waals surface area contributed by atoms with Crippen molar-refractivity contribution < 1.29 is 4.79 Å². The van der Waals surface area contributed by atoms with Gasteiger partial charge < -0.3 is 16.0 Å². The van der Waals surface area contributed by atoms with Crippen LogP contribution in [0.2, 0.25) is 0 Å². The summed E-state index contributed by atoms with van der Waals surface area (Å²) in [7, 11) is 0. The number of rotatable bonds is 4. The molecule has 1 fully saturated rings. The SMILES string of the molecule is Cl.Cl.NCC(=O)NCc1ccc(N2CCCC2)nc1. The molecule has 2 rings (SSSR count). The molecule has 108 valence electrons. The van der Waals surface area contributed by atoms with Crippen molar-refractivity contribution in [3.05, 3.63) is 23.9 Å². The van der Waals surface area contributed by atoms with Crippen LogP contribution in [0.15, 0.2) is 18.3 Å². The summed E-state index contributed by atoms with van der Waals surface area (Å²) < 4.78 is 0. The molecule has 0 atom stereocenters. The van der Waals surface area contributed by atoms with Crippen LogP contribution >= 0.6 is 24.8 Å². The molecular formula is C12H20Cl2N4O. The Morgan fingerprint density at radius 2 is 2.00 bits per heavy atom. The molecule has 1 aromatic heterocycles. The number of pyridine rings is 1. The Hall–Kier alpha value is -1.04. The molecule has 0 saturated carbocycles. The molecule has 3 N–H and O–H groups in total. The molecule has 1 aromatic rings. The number of anilines is 1. The molecule has 0 radical (unpaired) electrons. The first kappa shape index (κ1) is 18.0. The van der Waals surface area contributed by atoms with Crippen molar-refractivity contribution in [2.75, 3.05) is 24.5 Å². The topological polar surface area (TPSA) is 71.2 Å². The number of carbonyl (C=O) groups is 1. The first-order valence-corrected chi connectivity index (χ1v) is 5.96. The van der Waals surface area contributed by atoms with Gasteiger partial charge in [0.2, 0.25) is 5.91 Å². The van der Waals surface area contributed by atoms with Crippen LogP contribution in [0.1, 0.15) is 18.4 Å². The summed E-state index contributed by atoms with van der Waals surface area (Å²) in [6.45, 7) is 2.70. The molecule has 2 heterocycles. The summed E-state index contributed by atoms with van der Waals surface area (Å²) in [5, 5.41) is 2.72. The van der Waals surface area contributed by atoms with Crippen LogP contribution in [0.4, 0.5) is 5.82 Å². The normalized spacial score (nSPS) is 13.4. The van der Waals surface area contributed by atoms with E-state index in [-0.39, 0.29) is 37.3 Å². The highest BCUT2D eigenvalue weighted by atomic mass is 35.5. The second kappa shape index (κ2) is 8.96. The van der Waals surface area contributed by atoms with Crippen molar-refractivity contribution in [2.45, 2.75) is 19.4 Å². The van der Waals surface area contributed by atoms with E-state index in [2.05, 4.69) is 15.2 Å². The number of hydrogen-bond donors (Lipinski definition) is 2. The Kier molecular flexibility index (Phi) is 8.47. The maximum absolute atomic E-state index is 11.0. The van der Waals surface area contributed by atoms with E-state index in [0.717, 1.165) is 24.5 Å². The summed E-state index contributed by atoms with van der Waals surface area (Å²) in [6.07, 6.45) is 4.30. The van der Waals surface area contributed by atoms with Crippen LogP contribution in [-0.2, 0) is 11.3 Å². The lowest BCUT2D eigenvalue weighted by atomic mass is 10.2. The lowest BCUT2D eigenvalue weighted by Gasteiger charge is -2.16. The Bertz CT molecular complexity index is 380. The minimum absolute atomic E-state index is 0. The summed E-state index contributed by atoms with van der Waals surface area (Å²) in [5.41, 5.74) is 6.20. The van der Waals surface area contributed by atoms with Gasteiger partial charge in [0.1, 0.15) is 5.82 Å². The zero-order chi connectivity index (χ0) is 12.1. The first-order chi connectivity index (χ1) is 8.29. The fourth-order valence-corrected chi connectivity index (χ4v) is 1.93. The Labute approximate surface area is 125 Å². The quantitative estimate of drug-likeness (QED) is 0.874. The second-order valence-corrected chi connectivity index (χ2v) is 4.20. The summed E-state index contributed by atoms with van der Waals surface area (Å²) >= 11 is 0. The van der Waals surface area contributed by atoms with E-state index >= 15 is 0 Å². The third-order valence-corrected chi connectivity index (χ3v) is 2.91. The highest BCUT2D eigenvalue weighted by molar-refractivity contribution is 5.85. The number of carbonyl (C=O) groups excluding carboxylic acids is 1. The predicted octanol–water partition coefficient (Wildman–Crippen LogP) is 1.10. The first-order valence-electron chi connectivity index (χ1n) is 5.96. The van der Waals surface area contributed by atoms with E-state index in [9.17, 15) is 4.79 Å². The number of aromatic nitrogens is 1. The average Bonchev–Trinajstić information content (AvgIpc) is 2.90. The maximum Gasteiger partial charge on any atom is 0.234 e. The third-order valence-electron chi connectivity index (χ3n) is 2.91. The molecule has 1 aliphatic rings. The lowest BCUT2D eigenvalue weighted by Crippen LogP contribution is -2.29. The molecule has 0 unspecified atom stereocenters. The predicted molar refractivity (Wildman–Crippen MR) is 81.1 cm³/mol. The van der Waals surface area contributed by atoms with Gasteiger partial charge in [-0.2, -0.15) is 0 Å². The molecule has 1 saturated heterocycles. The van der Waals surface area contributed by atoms with E-state index < -0.39 is 0 Å². The van der Waals surface area contributed by atoms with Gasteiger partial charge in [0.25, 0.3) is 0 Å². The van der Waals surface area contributed by atoms with Crippen molar-refractivity contribution in [3.8, 4) is 0 Å². The van der Waals surface area contributed by atoms with E-state index in [4.69, 9.17) is 5.73 Å². The summed E-state index contributed by atoms with van der Waals surface area (Å²) in [6, 6.07) is 4.01. The van der Waals surface area contributed by atoms with E-state index in [1.165, 1.54) is 12.8 Å². The number of nitrogens with two attached hydrogens (primary N) is 1. The Morgan fingerprint density at radius 3 is 2.53 bits per heavy atom. The zero-order valence-electron chi connectivity index (χ0n) is 10.7. The van der Waals surface area contributed by atoms with Gasteiger partial charge in [-0.15, -0.1) is 24.8 Å². The van der Waals surface area contributed by atoms with Crippen molar-refractivity contribution in [1.29, 1.82) is 0 Å². The largest absolute Gasteiger partial charge is 0.357 e. The second-order valence-electron chi connectivity index (χ2n) is 4.20. The lowest BCUT2D eigenvalue weighted by molar-refractivity contribution is -0.119. The van der Waals surface area contributed by atoms with Gasteiger partial charge in [0.05, 0.1) is 6.54 Å². The van der Waals surface area contributed by atoms with Crippen molar-refractivity contribution in [2.24, 2.45) is 5.73 Å². The number of nitrogens with one attached hydrogen (secondary N) is 1. The van der Waals surface area contributed by atoms with Crippen LogP contribution in [0.25, 0.3) is 0 Å². The van der Waals surface area contributed by atoms with Gasteiger partial charge in [0.15, 0.2) is 0 Å². The Balaban J connectivity index is 0.00000162. The van der Waals surface area contributed by atoms with Gasteiger partial charge in [-0.3, -0.25) is 4.79 Å². The van der Waals surface area contributed by atoms with Gasteiger partial charge in [0, 0.05) is 25.8 Å². The standard InChI is InChI=1S/C12H18N4O.2ClH/c13-7-12(17)15-9-10-3-4-11(14-8-10)16-5-1-2-6-16;;/h3-4,8H,1-2,5-7,9,13H2,(H,15,17);2*1H. The van der Waals surface area contributed by atoms with Gasteiger partial charge in [-0.1, -0.05) is 6.07 Å². The van der Waals surface area contributed by atoms with Crippen LogP contribution in [0, 0.1) is 0 Å². The molecule has 0 spiro atoms. The molecule has 0 aromatic carbocycles. The number of hydrogen-bond acceptors (Lipinski definition) is 4. The number of nitrogens with zero attached hydrogens (tertiary/aromatic N) is 2. The van der Waals surface area contributed by atoms with Crippen molar-refractivity contribution >= 4 is 36.5 Å². The molecule has 19 heavy (non-hydrogen) atoms. The highest BCUT2D eigenvalue weighted by Crippen LogP contribution is 2.17. The molecule has 1 amide bonds. The molecule has 1 aliphatic heterocycles. The summed E-state index contributed by atoms with van der Waals surface area (Å²) in [4.78, 5) is 17.7.